The number of amides is 1. The minimum atomic E-state index is -0.762. The predicted octanol–water partition coefficient (Wildman–Crippen LogP) is 1.31. The van der Waals surface area contributed by atoms with Crippen LogP contribution < -0.4 is 4.74 Å². The normalized spacial score (nSPS) is 22.2. The number of ether oxygens (including phenoxy) is 1. The molecule has 20 heavy (non-hydrogen) atoms. The minimum Gasteiger partial charge on any atom is -0.481 e. The summed E-state index contributed by atoms with van der Waals surface area (Å²) < 4.78 is 5.69. The summed E-state index contributed by atoms with van der Waals surface area (Å²) in [7, 11) is 0. The van der Waals surface area contributed by atoms with Crippen LogP contribution in [0.3, 0.4) is 0 Å². The number of aliphatic carboxylic acids is 1. The fraction of sp³-hybridized carbons (Fsp3) is 0.467. The van der Waals surface area contributed by atoms with Crippen LogP contribution >= 0.6 is 0 Å². The molecule has 3 rings (SSSR count). The van der Waals surface area contributed by atoms with E-state index in [4.69, 9.17) is 9.84 Å². The average Bonchev–Trinajstić information content (AvgIpc) is 2.90. The summed E-state index contributed by atoms with van der Waals surface area (Å²) in [5, 5.41) is 8.96. The van der Waals surface area contributed by atoms with E-state index in [1.807, 2.05) is 24.3 Å². The topological polar surface area (TPSA) is 66.8 Å². The Hall–Kier alpha value is -2.04. The van der Waals surface area contributed by atoms with Gasteiger partial charge in [0.2, 0.25) is 0 Å². The Morgan fingerprint density at radius 1 is 1.20 bits per heavy atom. The highest BCUT2D eigenvalue weighted by Crippen LogP contribution is 2.29. The molecule has 1 aromatic carbocycles. The lowest BCUT2D eigenvalue weighted by Crippen LogP contribution is -2.46. The van der Waals surface area contributed by atoms with Crippen molar-refractivity contribution in [2.45, 2.75) is 25.4 Å². The minimum absolute atomic E-state index is 0.0231. The zero-order chi connectivity index (χ0) is 14.1. The number of para-hydroxylation sites is 1. The van der Waals surface area contributed by atoms with Gasteiger partial charge in [-0.25, -0.2) is 0 Å². The van der Waals surface area contributed by atoms with Gasteiger partial charge < -0.3 is 14.7 Å². The number of likely N-dealkylation sites (tertiary alicyclic amines) is 1. The number of carbonyl (C=O) groups is 2. The molecule has 1 fully saturated rings. The maximum Gasteiger partial charge on any atom is 0.306 e. The van der Waals surface area contributed by atoms with Gasteiger partial charge in [0.05, 0.1) is 5.92 Å². The number of rotatable bonds is 2. The first kappa shape index (κ1) is 13.0. The molecule has 1 unspecified atom stereocenters. The number of hydrogen-bond donors (Lipinski definition) is 1. The predicted molar refractivity (Wildman–Crippen MR) is 71.5 cm³/mol. The molecule has 0 aromatic heterocycles. The molecule has 2 heterocycles. The maximum absolute atomic E-state index is 12.4. The first-order valence-electron chi connectivity index (χ1n) is 6.91. The van der Waals surface area contributed by atoms with Gasteiger partial charge in [0, 0.05) is 19.5 Å². The second-order valence-corrected chi connectivity index (χ2v) is 5.36. The summed E-state index contributed by atoms with van der Waals surface area (Å²) in [6.07, 6.45) is 1.21. The zero-order valence-corrected chi connectivity index (χ0v) is 11.1. The highest BCUT2D eigenvalue weighted by Gasteiger charge is 2.34. The lowest BCUT2D eigenvalue weighted by Gasteiger charge is -2.31. The van der Waals surface area contributed by atoms with Gasteiger partial charge in [-0.1, -0.05) is 18.2 Å². The van der Waals surface area contributed by atoms with Crippen molar-refractivity contribution in [3.8, 4) is 5.75 Å². The summed E-state index contributed by atoms with van der Waals surface area (Å²) in [5.41, 5.74) is 1.06. The second kappa shape index (κ2) is 5.15. The average molecular weight is 275 g/mol. The van der Waals surface area contributed by atoms with E-state index >= 15 is 0 Å². The van der Waals surface area contributed by atoms with Gasteiger partial charge in [-0.3, -0.25) is 9.59 Å². The summed E-state index contributed by atoms with van der Waals surface area (Å²) >= 11 is 0. The summed E-state index contributed by atoms with van der Waals surface area (Å²) in [6.45, 7) is 1.01. The molecular weight excluding hydrogens is 258 g/mol. The standard InChI is InChI=1S/C15H17NO4/c17-14(16-7-5-10(6-8-16)15(18)19)13-9-11-3-1-2-4-12(11)20-13/h1-4,10,13H,5-9H2,(H,18,19). The Morgan fingerprint density at radius 2 is 1.90 bits per heavy atom. The SMILES string of the molecule is O=C(O)C1CCN(C(=O)C2Cc3ccccc3O2)CC1. The van der Waals surface area contributed by atoms with Crippen LogP contribution in [0.25, 0.3) is 0 Å². The van der Waals surface area contributed by atoms with Crippen LogP contribution in [0.1, 0.15) is 18.4 Å². The van der Waals surface area contributed by atoms with Gasteiger partial charge >= 0.3 is 5.97 Å². The monoisotopic (exact) mass is 275 g/mol. The Labute approximate surface area is 117 Å². The number of nitrogens with zero attached hydrogens (tertiary/aromatic N) is 1. The molecule has 1 aromatic rings. The molecule has 1 atom stereocenters. The molecular formula is C15H17NO4. The fourth-order valence-electron chi connectivity index (χ4n) is 2.87. The Balaban J connectivity index is 1.60. The van der Waals surface area contributed by atoms with Crippen LogP contribution in [-0.4, -0.2) is 41.1 Å². The Morgan fingerprint density at radius 3 is 2.55 bits per heavy atom. The molecule has 0 bridgehead atoms. The van der Waals surface area contributed by atoms with Gasteiger partial charge in [-0.05, 0) is 24.5 Å². The van der Waals surface area contributed by atoms with Crippen LogP contribution in [0.5, 0.6) is 5.75 Å². The third-order valence-electron chi connectivity index (χ3n) is 4.08. The highest BCUT2D eigenvalue weighted by molar-refractivity contribution is 5.83. The number of piperidine rings is 1. The van der Waals surface area contributed by atoms with E-state index in [0.29, 0.717) is 32.4 Å². The molecule has 0 spiro atoms. The largest absolute Gasteiger partial charge is 0.481 e. The van der Waals surface area contributed by atoms with Crippen molar-refractivity contribution in [2.75, 3.05) is 13.1 Å². The number of hydrogen-bond acceptors (Lipinski definition) is 3. The Kier molecular flexibility index (Phi) is 3.34. The van der Waals surface area contributed by atoms with Gasteiger partial charge in [0.15, 0.2) is 6.10 Å². The highest BCUT2D eigenvalue weighted by atomic mass is 16.5. The first-order chi connectivity index (χ1) is 9.65. The molecule has 1 amide bonds. The molecule has 0 radical (unpaired) electrons. The lowest BCUT2D eigenvalue weighted by atomic mass is 9.96. The molecule has 1 saturated heterocycles. The zero-order valence-electron chi connectivity index (χ0n) is 11.1. The maximum atomic E-state index is 12.4. The van der Waals surface area contributed by atoms with Crippen LogP contribution in [0.4, 0.5) is 0 Å². The van der Waals surface area contributed by atoms with Crippen LogP contribution in [0.2, 0.25) is 0 Å². The van der Waals surface area contributed by atoms with Gasteiger partial charge in [0.25, 0.3) is 5.91 Å². The van der Waals surface area contributed by atoms with Gasteiger partial charge in [-0.15, -0.1) is 0 Å². The number of fused-ring (bicyclic) bond motifs is 1. The molecule has 106 valence electrons. The smallest absolute Gasteiger partial charge is 0.306 e. The third-order valence-corrected chi connectivity index (χ3v) is 4.08. The van der Waals surface area contributed by atoms with E-state index in [2.05, 4.69) is 0 Å². The van der Waals surface area contributed by atoms with Crippen molar-refractivity contribution in [2.24, 2.45) is 5.92 Å². The van der Waals surface area contributed by atoms with Gasteiger partial charge in [0.1, 0.15) is 5.75 Å². The summed E-state index contributed by atoms with van der Waals surface area (Å²) in [4.78, 5) is 25.0. The van der Waals surface area contributed by atoms with Crippen molar-refractivity contribution in [1.82, 2.24) is 4.90 Å². The number of carbonyl (C=O) groups excluding carboxylic acids is 1. The van der Waals surface area contributed by atoms with Crippen LogP contribution in [0, 0.1) is 5.92 Å². The molecule has 5 nitrogen and oxygen atoms in total. The molecule has 2 aliphatic rings. The second-order valence-electron chi connectivity index (χ2n) is 5.36. The first-order valence-corrected chi connectivity index (χ1v) is 6.91. The van der Waals surface area contributed by atoms with Crippen LogP contribution in [0.15, 0.2) is 24.3 Å². The molecule has 2 aliphatic heterocycles. The van der Waals surface area contributed by atoms with E-state index in [1.54, 1.807) is 4.90 Å². The molecule has 1 N–H and O–H groups in total. The number of benzene rings is 1. The van der Waals surface area contributed by atoms with E-state index in [0.717, 1.165) is 11.3 Å². The Bertz CT molecular complexity index is 509. The van der Waals surface area contributed by atoms with Crippen molar-refractivity contribution in [1.29, 1.82) is 0 Å². The van der Waals surface area contributed by atoms with E-state index in [-0.39, 0.29) is 11.8 Å². The van der Waals surface area contributed by atoms with Crippen molar-refractivity contribution >= 4 is 11.9 Å². The fourth-order valence-corrected chi connectivity index (χ4v) is 2.87. The van der Waals surface area contributed by atoms with Crippen molar-refractivity contribution in [3.63, 3.8) is 0 Å². The van der Waals surface area contributed by atoms with Gasteiger partial charge in [-0.2, -0.15) is 0 Å². The molecule has 0 saturated carbocycles. The summed E-state index contributed by atoms with van der Waals surface area (Å²) in [6, 6.07) is 7.68. The summed E-state index contributed by atoms with van der Waals surface area (Å²) in [5.74, 6) is -0.321. The van der Waals surface area contributed by atoms with E-state index in [1.165, 1.54) is 0 Å². The lowest BCUT2D eigenvalue weighted by molar-refractivity contribution is -0.147. The molecule has 0 aliphatic carbocycles. The third kappa shape index (κ3) is 2.35. The number of carboxylic acids is 1. The quantitative estimate of drug-likeness (QED) is 0.883. The molecule has 5 heteroatoms. The van der Waals surface area contributed by atoms with Crippen molar-refractivity contribution < 1.29 is 19.4 Å². The van der Waals surface area contributed by atoms with Crippen LogP contribution in [-0.2, 0) is 16.0 Å². The van der Waals surface area contributed by atoms with E-state index < -0.39 is 12.1 Å². The van der Waals surface area contributed by atoms with E-state index in [9.17, 15) is 9.59 Å². The number of carboxylic acid groups (broad SMARTS) is 1. The van der Waals surface area contributed by atoms with Crippen molar-refractivity contribution in [3.05, 3.63) is 29.8 Å².